The van der Waals surface area contributed by atoms with Crippen LogP contribution in [0.4, 0.5) is 0 Å². The Morgan fingerprint density at radius 2 is 1.92 bits per heavy atom. The number of nitrogens with zero attached hydrogens (tertiary/aromatic N) is 1. The molecule has 0 bridgehead atoms. The van der Waals surface area contributed by atoms with Crippen LogP contribution < -0.4 is 0 Å². The standard InChI is InChI=1S/C22H35NO3/c1-5-22(3,4)20-10-9-19(17-18(20)2)21(24)26-14-8-6-7-11-23-12-15-25-16-13-23/h9-10,17H,5-8,11-16H2,1-4H3. The maximum atomic E-state index is 12.3. The van der Waals surface area contributed by atoms with E-state index in [1.165, 1.54) is 5.56 Å². The number of carbonyl (C=O) groups excluding carboxylic acids is 1. The van der Waals surface area contributed by atoms with Gasteiger partial charge in [0.2, 0.25) is 0 Å². The lowest BCUT2D eigenvalue weighted by Crippen LogP contribution is -2.36. The molecule has 146 valence electrons. The molecule has 0 unspecified atom stereocenters. The number of hydrogen-bond donors (Lipinski definition) is 0. The van der Waals surface area contributed by atoms with Crippen LogP contribution in [0.1, 0.15) is 67.9 Å². The number of aryl methyl sites for hydroxylation is 1. The molecule has 0 radical (unpaired) electrons. The summed E-state index contributed by atoms with van der Waals surface area (Å²) < 4.78 is 10.8. The molecule has 0 N–H and O–H groups in total. The van der Waals surface area contributed by atoms with Crippen molar-refractivity contribution in [2.45, 2.75) is 58.8 Å². The van der Waals surface area contributed by atoms with Gasteiger partial charge in [-0.3, -0.25) is 4.90 Å². The van der Waals surface area contributed by atoms with Gasteiger partial charge in [-0.2, -0.15) is 0 Å². The van der Waals surface area contributed by atoms with Gasteiger partial charge < -0.3 is 9.47 Å². The van der Waals surface area contributed by atoms with E-state index in [0.29, 0.717) is 12.2 Å². The van der Waals surface area contributed by atoms with Crippen LogP contribution in [0.5, 0.6) is 0 Å². The van der Waals surface area contributed by atoms with Crippen molar-refractivity contribution in [3.05, 3.63) is 34.9 Å². The molecule has 0 saturated carbocycles. The summed E-state index contributed by atoms with van der Waals surface area (Å²) >= 11 is 0. The number of ether oxygens (including phenoxy) is 2. The van der Waals surface area contributed by atoms with Crippen molar-refractivity contribution in [3.63, 3.8) is 0 Å². The average Bonchev–Trinajstić information content (AvgIpc) is 2.64. The first-order chi connectivity index (χ1) is 12.4. The second kappa shape index (κ2) is 10.1. The van der Waals surface area contributed by atoms with Crippen LogP contribution >= 0.6 is 0 Å². The first-order valence-electron chi connectivity index (χ1n) is 10.0. The SMILES string of the molecule is CCC(C)(C)c1ccc(C(=O)OCCCCCN2CCOCC2)cc1C. The molecule has 1 aliphatic rings. The number of rotatable bonds is 9. The Labute approximate surface area is 158 Å². The van der Waals surface area contributed by atoms with E-state index < -0.39 is 0 Å². The summed E-state index contributed by atoms with van der Waals surface area (Å²) in [6.07, 6.45) is 4.24. The number of hydrogen-bond acceptors (Lipinski definition) is 4. The molecule has 1 saturated heterocycles. The zero-order valence-corrected chi connectivity index (χ0v) is 17.0. The molecule has 0 spiro atoms. The molecule has 4 heteroatoms. The van der Waals surface area contributed by atoms with E-state index in [-0.39, 0.29) is 11.4 Å². The topological polar surface area (TPSA) is 38.8 Å². The Hall–Kier alpha value is -1.39. The van der Waals surface area contributed by atoms with Crippen LogP contribution in [0.3, 0.4) is 0 Å². The van der Waals surface area contributed by atoms with Gasteiger partial charge in [-0.15, -0.1) is 0 Å². The highest BCUT2D eigenvalue weighted by molar-refractivity contribution is 5.89. The van der Waals surface area contributed by atoms with E-state index in [1.54, 1.807) is 0 Å². The number of benzene rings is 1. The minimum atomic E-state index is -0.206. The molecular weight excluding hydrogens is 326 g/mol. The Kier molecular flexibility index (Phi) is 8.11. The van der Waals surface area contributed by atoms with Crippen LogP contribution in [0.2, 0.25) is 0 Å². The van der Waals surface area contributed by atoms with Gasteiger partial charge in [0.05, 0.1) is 25.4 Å². The zero-order valence-electron chi connectivity index (χ0n) is 17.0. The molecule has 1 heterocycles. The fourth-order valence-corrected chi connectivity index (χ4v) is 3.43. The number of carbonyl (C=O) groups is 1. The summed E-state index contributed by atoms with van der Waals surface area (Å²) in [4.78, 5) is 14.7. The highest BCUT2D eigenvalue weighted by Gasteiger charge is 2.21. The number of unbranched alkanes of at least 4 members (excludes halogenated alkanes) is 2. The molecule has 1 aromatic carbocycles. The van der Waals surface area contributed by atoms with Gasteiger partial charge >= 0.3 is 5.97 Å². The molecule has 2 rings (SSSR count). The van der Waals surface area contributed by atoms with Crippen molar-refractivity contribution in [2.24, 2.45) is 0 Å². The first-order valence-corrected chi connectivity index (χ1v) is 10.0. The van der Waals surface area contributed by atoms with E-state index in [0.717, 1.165) is 64.1 Å². The van der Waals surface area contributed by atoms with E-state index >= 15 is 0 Å². The Bertz CT molecular complexity index is 577. The highest BCUT2D eigenvalue weighted by Crippen LogP contribution is 2.29. The highest BCUT2D eigenvalue weighted by atomic mass is 16.5. The summed E-state index contributed by atoms with van der Waals surface area (Å²) in [5.74, 6) is -0.206. The lowest BCUT2D eigenvalue weighted by atomic mass is 9.79. The molecule has 0 aromatic heterocycles. The summed E-state index contributed by atoms with van der Waals surface area (Å²) in [6.45, 7) is 14.2. The van der Waals surface area contributed by atoms with E-state index in [4.69, 9.17) is 9.47 Å². The van der Waals surface area contributed by atoms with E-state index in [1.807, 2.05) is 12.1 Å². The van der Waals surface area contributed by atoms with Crippen LogP contribution in [0, 0.1) is 6.92 Å². The van der Waals surface area contributed by atoms with Crippen molar-refractivity contribution < 1.29 is 14.3 Å². The van der Waals surface area contributed by atoms with Gasteiger partial charge in [0.25, 0.3) is 0 Å². The van der Waals surface area contributed by atoms with Crippen molar-refractivity contribution >= 4 is 5.97 Å². The fourth-order valence-electron chi connectivity index (χ4n) is 3.43. The Balaban J connectivity index is 1.70. The molecule has 0 atom stereocenters. The summed E-state index contributed by atoms with van der Waals surface area (Å²) in [7, 11) is 0. The second-order valence-electron chi connectivity index (χ2n) is 7.92. The zero-order chi connectivity index (χ0) is 19.0. The molecule has 0 aliphatic carbocycles. The van der Waals surface area contributed by atoms with Crippen LogP contribution in [0.15, 0.2) is 18.2 Å². The molecular formula is C22H35NO3. The second-order valence-corrected chi connectivity index (χ2v) is 7.92. The van der Waals surface area contributed by atoms with Gasteiger partial charge in [0, 0.05) is 13.1 Å². The molecule has 0 amide bonds. The Morgan fingerprint density at radius 1 is 1.19 bits per heavy atom. The van der Waals surface area contributed by atoms with Crippen molar-refractivity contribution in [1.82, 2.24) is 4.90 Å². The van der Waals surface area contributed by atoms with Crippen LogP contribution in [0.25, 0.3) is 0 Å². The predicted octanol–water partition coefficient (Wildman–Crippen LogP) is 4.34. The lowest BCUT2D eigenvalue weighted by Gasteiger charge is -2.26. The van der Waals surface area contributed by atoms with Crippen LogP contribution in [-0.4, -0.2) is 50.3 Å². The largest absolute Gasteiger partial charge is 0.462 e. The van der Waals surface area contributed by atoms with E-state index in [9.17, 15) is 4.79 Å². The third-order valence-corrected chi connectivity index (χ3v) is 5.53. The predicted molar refractivity (Wildman–Crippen MR) is 106 cm³/mol. The molecule has 1 fully saturated rings. The van der Waals surface area contributed by atoms with Gasteiger partial charge in [-0.05, 0) is 67.8 Å². The molecule has 1 aliphatic heterocycles. The van der Waals surface area contributed by atoms with Crippen molar-refractivity contribution in [2.75, 3.05) is 39.5 Å². The smallest absolute Gasteiger partial charge is 0.338 e. The summed E-state index contributed by atoms with van der Waals surface area (Å²) in [6, 6.07) is 5.95. The Morgan fingerprint density at radius 3 is 2.58 bits per heavy atom. The monoisotopic (exact) mass is 361 g/mol. The lowest BCUT2D eigenvalue weighted by molar-refractivity contribution is 0.0363. The minimum absolute atomic E-state index is 0.132. The summed E-state index contributed by atoms with van der Waals surface area (Å²) in [5.41, 5.74) is 3.26. The van der Waals surface area contributed by atoms with Gasteiger partial charge in [0.15, 0.2) is 0 Å². The molecule has 1 aromatic rings. The summed E-state index contributed by atoms with van der Waals surface area (Å²) in [5, 5.41) is 0. The first kappa shape index (κ1) is 20.9. The maximum Gasteiger partial charge on any atom is 0.338 e. The quantitative estimate of drug-likeness (QED) is 0.484. The van der Waals surface area contributed by atoms with Gasteiger partial charge in [0.1, 0.15) is 0 Å². The minimum Gasteiger partial charge on any atom is -0.462 e. The van der Waals surface area contributed by atoms with Gasteiger partial charge in [-0.1, -0.05) is 26.8 Å². The van der Waals surface area contributed by atoms with E-state index in [2.05, 4.69) is 38.7 Å². The number of morpholine rings is 1. The maximum absolute atomic E-state index is 12.3. The van der Waals surface area contributed by atoms with Crippen molar-refractivity contribution in [1.29, 1.82) is 0 Å². The molecule has 4 nitrogen and oxygen atoms in total. The fraction of sp³-hybridized carbons (Fsp3) is 0.682. The third-order valence-electron chi connectivity index (χ3n) is 5.53. The normalized spacial score (nSPS) is 15.8. The molecule has 26 heavy (non-hydrogen) atoms. The van der Waals surface area contributed by atoms with Crippen LogP contribution in [-0.2, 0) is 14.9 Å². The third kappa shape index (κ3) is 6.10. The number of esters is 1. The average molecular weight is 362 g/mol. The van der Waals surface area contributed by atoms with Gasteiger partial charge in [-0.25, -0.2) is 4.79 Å². The van der Waals surface area contributed by atoms with Crippen molar-refractivity contribution in [3.8, 4) is 0 Å².